The van der Waals surface area contributed by atoms with E-state index in [1.54, 1.807) is 12.1 Å². The first-order valence-corrected chi connectivity index (χ1v) is 5.18. The minimum Gasteiger partial charge on any atom is -0.480 e. The van der Waals surface area contributed by atoms with E-state index in [0.717, 1.165) is 5.56 Å². The summed E-state index contributed by atoms with van der Waals surface area (Å²) < 4.78 is 0. The quantitative estimate of drug-likeness (QED) is 0.859. The van der Waals surface area contributed by atoms with E-state index in [0.29, 0.717) is 22.9 Å². The first kappa shape index (κ1) is 12.3. The SMILES string of the molecule is N[C@@H](CCc1ccc(Cl)c(Cl)c1)C(=O)O. The van der Waals surface area contributed by atoms with Crippen LogP contribution in [-0.4, -0.2) is 17.1 Å². The number of aryl methyl sites for hydroxylation is 1. The van der Waals surface area contributed by atoms with Crippen molar-refractivity contribution in [2.75, 3.05) is 0 Å². The maximum atomic E-state index is 10.5. The summed E-state index contributed by atoms with van der Waals surface area (Å²) in [6, 6.07) is 4.38. The molecule has 0 radical (unpaired) electrons. The number of benzene rings is 1. The molecule has 3 N–H and O–H groups in total. The number of aliphatic carboxylic acids is 1. The van der Waals surface area contributed by atoms with Gasteiger partial charge in [-0.3, -0.25) is 4.79 Å². The molecule has 0 fully saturated rings. The molecule has 0 saturated heterocycles. The van der Waals surface area contributed by atoms with Crippen LogP contribution in [0, 0.1) is 0 Å². The molecule has 0 aliphatic rings. The van der Waals surface area contributed by atoms with Gasteiger partial charge < -0.3 is 10.8 Å². The maximum absolute atomic E-state index is 10.5. The maximum Gasteiger partial charge on any atom is 0.320 e. The zero-order valence-electron chi connectivity index (χ0n) is 7.91. The van der Waals surface area contributed by atoms with Crippen LogP contribution in [0.2, 0.25) is 10.0 Å². The van der Waals surface area contributed by atoms with E-state index >= 15 is 0 Å². The standard InChI is InChI=1S/C10H11Cl2NO2/c11-7-3-1-6(5-8(7)12)2-4-9(13)10(14)15/h1,3,5,9H,2,4,13H2,(H,14,15)/t9-/m0/s1. The molecule has 0 bridgehead atoms. The van der Waals surface area contributed by atoms with Crippen LogP contribution in [-0.2, 0) is 11.2 Å². The third kappa shape index (κ3) is 3.70. The average molecular weight is 248 g/mol. The second-order valence-electron chi connectivity index (χ2n) is 3.23. The highest BCUT2D eigenvalue weighted by molar-refractivity contribution is 6.42. The molecule has 0 saturated carbocycles. The summed E-state index contributed by atoms with van der Waals surface area (Å²) in [6.07, 6.45) is 0.956. The summed E-state index contributed by atoms with van der Waals surface area (Å²) in [6.45, 7) is 0. The van der Waals surface area contributed by atoms with E-state index in [4.69, 9.17) is 34.0 Å². The Morgan fingerprint density at radius 1 is 1.40 bits per heavy atom. The van der Waals surface area contributed by atoms with Crippen molar-refractivity contribution in [3.05, 3.63) is 33.8 Å². The van der Waals surface area contributed by atoms with E-state index in [1.165, 1.54) is 0 Å². The fraction of sp³-hybridized carbons (Fsp3) is 0.300. The van der Waals surface area contributed by atoms with Gasteiger partial charge in [-0.15, -0.1) is 0 Å². The molecule has 0 aromatic heterocycles. The van der Waals surface area contributed by atoms with Crippen molar-refractivity contribution in [3.63, 3.8) is 0 Å². The predicted octanol–water partition coefficient (Wildman–Crippen LogP) is 2.34. The van der Waals surface area contributed by atoms with Gasteiger partial charge in [-0.1, -0.05) is 29.3 Å². The van der Waals surface area contributed by atoms with Gasteiger partial charge in [0.25, 0.3) is 0 Å². The molecular weight excluding hydrogens is 237 g/mol. The second-order valence-corrected chi connectivity index (χ2v) is 4.05. The largest absolute Gasteiger partial charge is 0.480 e. The van der Waals surface area contributed by atoms with Gasteiger partial charge in [-0.05, 0) is 30.5 Å². The van der Waals surface area contributed by atoms with Gasteiger partial charge >= 0.3 is 5.97 Å². The van der Waals surface area contributed by atoms with Crippen LogP contribution >= 0.6 is 23.2 Å². The average Bonchev–Trinajstić information content (AvgIpc) is 2.19. The zero-order valence-corrected chi connectivity index (χ0v) is 9.42. The summed E-state index contributed by atoms with van der Waals surface area (Å²) in [7, 11) is 0. The summed E-state index contributed by atoms with van der Waals surface area (Å²) >= 11 is 11.6. The number of carboxylic acids is 1. The van der Waals surface area contributed by atoms with Crippen molar-refractivity contribution in [3.8, 4) is 0 Å². The highest BCUT2D eigenvalue weighted by atomic mass is 35.5. The third-order valence-corrected chi connectivity index (χ3v) is 2.78. The Morgan fingerprint density at radius 3 is 2.60 bits per heavy atom. The van der Waals surface area contributed by atoms with E-state index in [-0.39, 0.29) is 0 Å². The van der Waals surface area contributed by atoms with Crippen LogP contribution in [0.3, 0.4) is 0 Å². The lowest BCUT2D eigenvalue weighted by molar-refractivity contribution is -0.138. The molecule has 0 unspecified atom stereocenters. The molecule has 0 amide bonds. The normalized spacial score (nSPS) is 12.5. The van der Waals surface area contributed by atoms with Gasteiger partial charge in [0.05, 0.1) is 10.0 Å². The number of halogens is 2. The molecule has 1 atom stereocenters. The zero-order chi connectivity index (χ0) is 11.4. The van der Waals surface area contributed by atoms with E-state index in [1.807, 2.05) is 6.07 Å². The van der Waals surface area contributed by atoms with Crippen molar-refractivity contribution in [1.82, 2.24) is 0 Å². The molecule has 5 heteroatoms. The lowest BCUT2D eigenvalue weighted by atomic mass is 10.1. The Kier molecular flexibility index (Phi) is 4.39. The number of rotatable bonds is 4. The summed E-state index contributed by atoms with van der Waals surface area (Å²) in [5.41, 5.74) is 6.31. The van der Waals surface area contributed by atoms with Crippen LogP contribution < -0.4 is 5.73 Å². The van der Waals surface area contributed by atoms with Gasteiger partial charge in [0, 0.05) is 0 Å². The molecule has 0 spiro atoms. The number of carbonyl (C=O) groups is 1. The van der Waals surface area contributed by atoms with Crippen LogP contribution in [0.5, 0.6) is 0 Å². The smallest absolute Gasteiger partial charge is 0.320 e. The van der Waals surface area contributed by atoms with Gasteiger partial charge in [0.1, 0.15) is 6.04 Å². The molecule has 3 nitrogen and oxygen atoms in total. The number of carboxylic acid groups (broad SMARTS) is 1. The molecule has 1 aromatic rings. The van der Waals surface area contributed by atoms with Crippen molar-refractivity contribution < 1.29 is 9.90 Å². The Hall–Kier alpha value is -0.770. The Morgan fingerprint density at radius 2 is 2.07 bits per heavy atom. The van der Waals surface area contributed by atoms with Gasteiger partial charge in [-0.25, -0.2) is 0 Å². The molecule has 82 valence electrons. The predicted molar refractivity (Wildman–Crippen MR) is 60.4 cm³/mol. The van der Waals surface area contributed by atoms with E-state index in [2.05, 4.69) is 0 Å². The lowest BCUT2D eigenvalue weighted by Crippen LogP contribution is -2.30. The monoisotopic (exact) mass is 247 g/mol. The van der Waals surface area contributed by atoms with E-state index in [9.17, 15) is 4.79 Å². The first-order valence-electron chi connectivity index (χ1n) is 4.43. The van der Waals surface area contributed by atoms with Crippen LogP contribution in [0.1, 0.15) is 12.0 Å². The van der Waals surface area contributed by atoms with Crippen LogP contribution in [0.25, 0.3) is 0 Å². The third-order valence-electron chi connectivity index (χ3n) is 2.05. The molecule has 15 heavy (non-hydrogen) atoms. The highest BCUT2D eigenvalue weighted by Gasteiger charge is 2.11. The first-order chi connectivity index (χ1) is 7.00. The summed E-state index contributed by atoms with van der Waals surface area (Å²) in [5.74, 6) is -0.991. The highest BCUT2D eigenvalue weighted by Crippen LogP contribution is 2.23. The lowest BCUT2D eigenvalue weighted by Gasteiger charge is -2.06. The fourth-order valence-corrected chi connectivity index (χ4v) is 1.46. The molecule has 0 heterocycles. The topological polar surface area (TPSA) is 63.3 Å². The van der Waals surface area contributed by atoms with Crippen LogP contribution in [0.4, 0.5) is 0 Å². The molecule has 0 aliphatic carbocycles. The molecule has 0 aliphatic heterocycles. The Bertz CT molecular complexity index is 368. The Balaban J connectivity index is 2.58. The van der Waals surface area contributed by atoms with Gasteiger partial charge in [-0.2, -0.15) is 0 Å². The number of hydrogen-bond acceptors (Lipinski definition) is 2. The molecule has 1 aromatic carbocycles. The summed E-state index contributed by atoms with van der Waals surface area (Å²) in [4.78, 5) is 10.5. The van der Waals surface area contributed by atoms with Crippen molar-refractivity contribution in [2.45, 2.75) is 18.9 Å². The van der Waals surface area contributed by atoms with Crippen molar-refractivity contribution in [2.24, 2.45) is 5.73 Å². The second kappa shape index (κ2) is 5.35. The minimum absolute atomic E-state index is 0.382. The number of hydrogen-bond donors (Lipinski definition) is 2. The van der Waals surface area contributed by atoms with Gasteiger partial charge in [0.2, 0.25) is 0 Å². The van der Waals surface area contributed by atoms with Crippen molar-refractivity contribution in [1.29, 1.82) is 0 Å². The molecule has 1 rings (SSSR count). The van der Waals surface area contributed by atoms with E-state index < -0.39 is 12.0 Å². The minimum atomic E-state index is -0.991. The fourth-order valence-electron chi connectivity index (χ4n) is 1.14. The number of nitrogens with two attached hydrogens (primary N) is 1. The van der Waals surface area contributed by atoms with Crippen LogP contribution in [0.15, 0.2) is 18.2 Å². The van der Waals surface area contributed by atoms with Crippen molar-refractivity contribution >= 4 is 29.2 Å². The van der Waals surface area contributed by atoms with Gasteiger partial charge in [0.15, 0.2) is 0 Å². The Labute approximate surface area is 97.8 Å². The molecular formula is C10H11Cl2NO2. The summed E-state index contributed by atoms with van der Waals surface area (Å²) in [5, 5.41) is 9.55.